The summed E-state index contributed by atoms with van der Waals surface area (Å²) in [5.74, 6) is 0.980. The number of ether oxygens (including phenoxy) is 2. The Labute approximate surface area is 133 Å². The van der Waals surface area contributed by atoms with Crippen LogP contribution < -0.4 is 14.8 Å². The monoisotopic (exact) mass is 308 g/mol. The first kappa shape index (κ1) is 14.8. The summed E-state index contributed by atoms with van der Waals surface area (Å²) in [6, 6.07) is 14.5. The molecule has 0 aliphatic heterocycles. The number of para-hydroxylation sites is 1. The Kier molecular flexibility index (Phi) is 4.10. The maximum Gasteiger partial charge on any atom is 0.256 e. The van der Waals surface area contributed by atoms with Gasteiger partial charge in [0.2, 0.25) is 0 Å². The van der Waals surface area contributed by atoms with Crippen LogP contribution in [0.2, 0.25) is 0 Å². The molecule has 0 aliphatic rings. The molecule has 3 aromatic rings. The van der Waals surface area contributed by atoms with Crippen molar-refractivity contribution in [3.05, 3.63) is 60.3 Å². The highest BCUT2D eigenvalue weighted by atomic mass is 16.5. The summed E-state index contributed by atoms with van der Waals surface area (Å²) in [7, 11) is 3.13. The Balaban J connectivity index is 1.98. The molecule has 5 nitrogen and oxygen atoms in total. The second-order valence-electron chi connectivity index (χ2n) is 4.90. The average Bonchev–Trinajstić information content (AvgIpc) is 2.61. The molecule has 0 bridgehead atoms. The van der Waals surface area contributed by atoms with E-state index in [9.17, 15) is 4.79 Å². The van der Waals surface area contributed by atoms with E-state index in [0.717, 1.165) is 10.9 Å². The van der Waals surface area contributed by atoms with Gasteiger partial charge in [-0.25, -0.2) is 0 Å². The predicted octanol–water partition coefficient (Wildman–Crippen LogP) is 3.50. The van der Waals surface area contributed by atoms with Gasteiger partial charge in [-0.3, -0.25) is 9.78 Å². The van der Waals surface area contributed by atoms with Crippen LogP contribution in [0.3, 0.4) is 0 Å². The molecule has 2 aromatic carbocycles. The van der Waals surface area contributed by atoms with E-state index >= 15 is 0 Å². The van der Waals surface area contributed by atoms with Crippen molar-refractivity contribution in [3.63, 3.8) is 0 Å². The first-order valence-corrected chi connectivity index (χ1v) is 7.10. The average molecular weight is 308 g/mol. The molecule has 116 valence electrons. The number of nitrogens with zero attached hydrogens (tertiary/aromatic N) is 1. The lowest BCUT2D eigenvalue weighted by Crippen LogP contribution is -2.13. The molecule has 3 rings (SSSR count). The van der Waals surface area contributed by atoms with Crippen molar-refractivity contribution in [1.82, 2.24) is 4.98 Å². The first-order valence-electron chi connectivity index (χ1n) is 7.10. The van der Waals surface area contributed by atoms with Crippen LogP contribution in [0.4, 0.5) is 5.69 Å². The van der Waals surface area contributed by atoms with Crippen LogP contribution in [0, 0.1) is 0 Å². The zero-order valence-electron chi connectivity index (χ0n) is 12.9. The van der Waals surface area contributed by atoms with E-state index in [1.807, 2.05) is 24.3 Å². The number of anilines is 1. The van der Waals surface area contributed by atoms with Gasteiger partial charge in [0.25, 0.3) is 5.91 Å². The van der Waals surface area contributed by atoms with E-state index in [2.05, 4.69) is 10.3 Å². The summed E-state index contributed by atoms with van der Waals surface area (Å²) >= 11 is 0. The summed E-state index contributed by atoms with van der Waals surface area (Å²) in [6.07, 6.45) is 1.63. The molecule has 0 radical (unpaired) electrons. The van der Waals surface area contributed by atoms with Crippen molar-refractivity contribution in [3.8, 4) is 11.5 Å². The molecule has 0 spiro atoms. The SMILES string of the molecule is COc1ccc(OC)c(NC(=O)c2ccnc3ccccc23)c1. The number of amides is 1. The predicted molar refractivity (Wildman–Crippen MR) is 89.2 cm³/mol. The summed E-state index contributed by atoms with van der Waals surface area (Å²) < 4.78 is 10.5. The minimum atomic E-state index is -0.227. The Morgan fingerprint density at radius 2 is 1.87 bits per heavy atom. The van der Waals surface area contributed by atoms with E-state index in [4.69, 9.17) is 9.47 Å². The minimum Gasteiger partial charge on any atom is -0.497 e. The van der Waals surface area contributed by atoms with Crippen molar-refractivity contribution in [1.29, 1.82) is 0 Å². The molecule has 1 heterocycles. The van der Waals surface area contributed by atoms with Crippen LogP contribution in [-0.2, 0) is 0 Å². The zero-order valence-corrected chi connectivity index (χ0v) is 12.9. The van der Waals surface area contributed by atoms with Crippen LogP contribution >= 0.6 is 0 Å². The van der Waals surface area contributed by atoms with Gasteiger partial charge in [-0.05, 0) is 24.3 Å². The molecule has 1 N–H and O–H groups in total. The highest BCUT2D eigenvalue weighted by Crippen LogP contribution is 2.29. The van der Waals surface area contributed by atoms with Crippen LogP contribution in [0.5, 0.6) is 11.5 Å². The Hall–Kier alpha value is -3.08. The molecule has 0 saturated carbocycles. The van der Waals surface area contributed by atoms with Crippen molar-refractivity contribution in [2.75, 3.05) is 19.5 Å². The van der Waals surface area contributed by atoms with Gasteiger partial charge in [-0.1, -0.05) is 18.2 Å². The number of aromatic nitrogens is 1. The highest BCUT2D eigenvalue weighted by Gasteiger charge is 2.13. The molecule has 1 aromatic heterocycles. The minimum absolute atomic E-state index is 0.227. The zero-order chi connectivity index (χ0) is 16.2. The second kappa shape index (κ2) is 6.36. The van der Waals surface area contributed by atoms with Gasteiger partial charge < -0.3 is 14.8 Å². The van der Waals surface area contributed by atoms with Crippen LogP contribution in [0.15, 0.2) is 54.7 Å². The number of nitrogens with one attached hydrogen (secondary N) is 1. The number of methoxy groups -OCH3 is 2. The third-order valence-corrected chi connectivity index (χ3v) is 3.55. The van der Waals surface area contributed by atoms with E-state index in [0.29, 0.717) is 22.7 Å². The molecule has 5 heteroatoms. The maximum atomic E-state index is 12.7. The van der Waals surface area contributed by atoms with Crippen molar-refractivity contribution in [2.45, 2.75) is 0 Å². The van der Waals surface area contributed by atoms with Gasteiger partial charge in [0.15, 0.2) is 0 Å². The van der Waals surface area contributed by atoms with E-state index < -0.39 is 0 Å². The number of rotatable bonds is 4. The van der Waals surface area contributed by atoms with Crippen LogP contribution in [0.25, 0.3) is 10.9 Å². The summed E-state index contributed by atoms with van der Waals surface area (Å²) in [6.45, 7) is 0. The van der Waals surface area contributed by atoms with Crippen molar-refractivity contribution in [2.24, 2.45) is 0 Å². The standard InChI is InChI=1S/C18H16N2O3/c1-22-12-7-8-17(23-2)16(11-12)20-18(21)14-9-10-19-15-6-4-3-5-13(14)15/h3-11H,1-2H3,(H,20,21). The quantitative estimate of drug-likeness (QED) is 0.801. The lowest BCUT2D eigenvalue weighted by atomic mass is 10.1. The van der Waals surface area contributed by atoms with Crippen LogP contribution in [0.1, 0.15) is 10.4 Å². The Bertz CT molecular complexity index is 857. The fraction of sp³-hybridized carbons (Fsp3) is 0.111. The van der Waals surface area contributed by atoms with Gasteiger partial charge in [0.05, 0.1) is 31.0 Å². The van der Waals surface area contributed by atoms with Gasteiger partial charge >= 0.3 is 0 Å². The normalized spacial score (nSPS) is 10.3. The van der Waals surface area contributed by atoms with Crippen molar-refractivity contribution >= 4 is 22.5 Å². The second-order valence-corrected chi connectivity index (χ2v) is 4.90. The fourth-order valence-electron chi connectivity index (χ4n) is 2.40. The van der Waals surface area contributed by atoms with Gasteiger partial charge in [0, 0.05) is 17.6 Å². The number of hydrogen-bond acceptors (Lipinski definition) is 4. The van der Waals surface area contributed by atoms with Gasteiger partial charge in [-0.2, -0.15) is 0 Å². The Morgan fingerprint density at radius 1 is 1.04 bits per heavy atom. The number of carbonyl (C=O) groups excluding carboxylic acids is 1. The first-order chi connectivity index (χ1) is 11.2. The van der Waals surface area contributed by atoms with Crippen LogP contribution in [-0.4, -0.2) is 25.1 Å². The van der Waals surface area contributed by atoms with Gasteiger partial charge in [0.1, 0.15) is 11.5 Å². The smallest absolute Gasteiger partial charge is 0.256 e. The van der Waals surface area contributed by atoms with Crippen molar-refractivity contribution < 1.29 is 14.3 Å². The molecule has 0 fully saturated rings. The molecule has 1 amide bonds. The largest absolute Gasteiger partial charge is 0.497 e. The lowest BCUT2D eigenvalue weighted by molar-refractivity contribution is 0.102. The number of pyridine rings is 1. The van der Waals surface area contributed by atoms with Gasteiger partial charge in [-0.15, -0.1) is 0 Å². The summed E-state index contributed by atoms with van der Waals surface area (Å²) in [4.78, 5) is 16.9. The number of hydrogen-bond donors (Lipinski definition) is 1. The maximum absolute atomic E-state index is 12.7. The number of carbonyl (C=O) groups is 1. The topological polar surface area (TPSA) is 60.5 Å². The van der Waals surface area contributed by atoms with E-state index in [1.165, 1.54) is 0 Å². The highest BCUT2D eigenvalue weighted by molar-refractivity contribution is 6.12. The third kappa shape index (κ3) is 2.94. The fourth-order valence-corrected chi connectivity index (χ4v) is 2.40. The lowest BCUT2D eigenvalue weighted by Gasteiger charge is -2.12. The number of benzene rings is 2. The molecule has 0 saturated heterocycles. The van der Waals surface area contributed by atoms with E-state index in [1.54, 1.807) is 44.7 Å². The molecule has 0 unspecified atom stereocenters. The third-order valence-electron chi connectivity index (χ3n) is 3.55. The molecular formula is C18H16N2O3. The molecule has 0 atom stereocenters. The molecule has 0 aliphatic carbocycles. The molecular weight excluding hydrogens is 292 g/mol. The molecule has 23 heavy (non-hydrogen) atoms. The van der Waals surface area contributed by atoms with E-state index in [-0.39, 0.29) is 5.91 Å². The summed E-state index contributed by atoms with van der Waals surface area (Å²) in [5.41, 5.74) is 1.89. The summed E-state index contributed by atoms with van der Waals surface area (Å²) in [5, 5.41) is 3.67. The number of fused-ring (bicyclic) bond motifs is 1. The Morgan fingerprint density at radius 3 is 2.65 bits per heavy atom.